The summed E-state index contributed by atoms with van der Waals surface area (Å²) in [6.07, 6.45) is 1.60. The van der Waals surface area contributed by atoms with Crippen LogP contribution in [0.25, 0.3) is 28.3 Å². The van der Waals surface area contributed by atoms with Gasteiger partial charge in [0.15, 0.2) is 5.82 Å². The largest absolute Gasteiger partial charge is 0.401 e. The lowest BCUT2D eigenvalue weighted by Gasteiger charge is -2.08. The minimum absolute atomic E-state index is 0.118. The summed E-state index contributed by atoms with van der Waals surface area (Å²) in [6.45, 7) is 1.90. The second-order valence-corrected chi connectivity index (χ2v) is 7.60. The first-order chi connectivity index (χ1) is 12.4. The van der Waals surface area contributed by atoms with E-state index >= 15 is 0 Å². The fraction of sp³-hybridized carbons (Fsp3) is 0.0588. The van der Waals surface area contributed by atoms with E-state index in [2.05, 4.69) is 46.9 Å². The maximum absolute atomic E-state index is 12.5. The molecule has 0 unspecified atom stereocenters. The van der Waals surface area contributed by atoms with Crippen molar-refractivity contribution in [3.8, 4) is 17.4 Å². The lowest BCUT2D eigenvalue weighted by atomic mass is 10.2. The van der Waals surface area contributed by atoms with Gasteiger partial charge in [0.25, 0.3) is 0 Å². The van der Waals surface area contributed by atoms with Crippen LogP contribution < -0.4 is 5.63 Å². The van der Waals surface area contributed by atoms with E-state index in [1.165, 1.54) is 4.68 Å². The zero-order valence-corrected chi connectivity index (χ0v) is 17.1. The molecule has 0 saturated heterocycles. The Labute approximate surface area is 169 Å². The van der Waals surface area contributed by atoms with E-state index in [-0.39, 0.29) is 5.89 Å². The zero-order chi connectivity index (χ0) is 18.4. The standard InChI is InChI=1S/C17H9Br2ClN4O2/c1-8-5-9-14(10(18)6-8)22-16(26-17(9)25)12-7-13(19)23-24(12)15-11(20)3-2-4-21-15/h2-7H,1H3. The minimum Gasteiger partial charge on any atom is -0.401 e. The monoisotopic (exact) mass is 494 g/mol. The zero-order valence-electron chi connectivity index (χ0n) is 13.2. The first-order valence-corrected chi connectivity index (χ1v) is 9.38. The molecule has 0 amide bonds. The summed E-state index contributed by atoms with van der Waals surface area (Å²) in [5.41, 5.74) is 1.41. The predicted molar refractivity (Wildman–Crippen MR) is 106 cm³/mol. The van der Waals surface area contributed by atoms with Crippen molar-refractivity contribution in [1.29, 1.82) is 0 Å². The SMILES string of the molecule is Cc1cc(Br)c2nc(-c3cc(Br)nn3-c3ncccc3Cl)oc(=O)c2c1. The molecular formula is C17H9Br2ClN4O2. The van der Waals surface area contributed by atoms with Gasteiger partial charge in [0.1, 0.15) is 10.3 Å². The molecule has 0 radical (unpaired) electrons. The second kappa shape index (κ2) is 6.61. The Morgan fingerprint density at radius 2 is 2.04 bits per heavy atom. The molecule has 0 fully saturated rings. The molecule has 4 rings (SSSR count). The number of rotatable bonds is 2. The molecule has 0 aliphatic heterocycles. The van der Waals surface area contributed by atoms with Gasteiger partial charge in [0.2, 0.25) is 5.89 Å². The molecule has 3 aromatic heterocycles. The van der Waals surface area contributed by atoms with Crippen LogP contribution in [0.2, 0.25) is 5.02 Å². The smallest absolute Gasteiger partial charge is 0.347 e. The average Bonchev–Trinajstić information content (AvgIpc) is 2.97. The van der Waals surface area contributed by atoms with Gasteiger partial charge in [-0.1, -0.05) is 11.6 Å². The number of benzene rings is 1. The normalized spacial score (nSPS) is 11.2. The lowest BCUT2D eigenvalue weighted by molar-refractivity contribution is 0.513. The first kappa shape index (κ1) is 17.4. The average molecular weight is 497 g/mol. The summed E-state index contributed by atoms with van der Waals surface area (Å²) in [5, 5.41) is 5.15. The molecule has 0 atom stereocenters. The summed E-state index contributed by atoms with van der Waals surface area (Å²) in [5.74, 6) is 0.523. The van der Waals surface area contributed by atoms with Gasteiger partial charge in [0.05, 0.1) is 15.9 Å². The number of fused-ring (bicyclic) bond motifs is 1. The summed E-state index contributed by atoms with van der Waals surface area (Å²) in [7, 11) is 0. The number of aryl methyl sites for hydroxylation is 1. The molecule has 3 heterocycles. The lowest BCUT2D eigenvalue weighted by Crippen LogP contribution is -2.07. The third kappa shape index (κ3) is 2.98. The van der Waals surface area contributed by atoms with Gasteiger partial charge in [-0.15, -0.1) is 0 Å². The second-order valence-electron chi connectivity index (χ2n) is 5.52. The molecule has 0 aliphatic rings. The van der Waals surface area contributed by atoms with Gasteiger partial charge >= 0.3 is 5.63 Å². The molecule has 0 aliphatic carbocycles. The van der Waals surface area contributed by atoms with E-state index in [9.17, 15) is 4.79 Å². The highest BCUT2D eigenvalue weighted by Crippen LogP contribution is 2.29. The minimum atomic E-state index is -0.481. The Bertz CT molecular complexity index is 1220. The van der Waals surface area contributed by atoms with Gasteiger partial charge in [0, 0.05) is 16.7 Å². The van der Waals surface area contributed by atoms with Crippen molar-refractivity contribution in [3.63, 3.8) is 0 Å². The van der Waals surface area contributed by atoms with Crippen molar-refractivity contribution in [1.82, 2.24) is 19.7 Å². The molecule has 4 aromatic rings. The maximum Gasteiger partial charge on any atom is 0.347 e. The van der Waals surface area contributed by atoms with Crippen LogP contribution in [-0.2, 0) is 0 Å². The first-order valence-electron chi connectivity index (χ1n) is 7.42. The van der Waals surface area contributed by atoms with E-state index in [4.69, 9.17) is 16.0 Å². The van der Waals surface area contributed by atoms with E-state index in [1.807, 2.05) is 13.0 Å². The van der Waals surface area contributed by atoms with Crippen molar-refractivity contribution in [2.45, 2.75) is 6.92 Å². The Morgan fingerprint density at radius 3 is 2.81 bits per heavy atom. The number of aromatic nitrogens is 4. The molecule has 130 valence electrons. The van der Waals surface area contributed by atoms with Crippen LogP contribution in [0.15, 0.2) is 54.8 Å². The van der Waals surface area contributed by atoms with Crippen molar-refractivity contribution in [3.05, 3.63) is 66.6 Å². The molecule has 0 bridgehead atoms. The Balaban J connectivity index is 2.01. The van der Waals surface area contributed by atoms with Crippen LogP contribution in [0.4, 0.5) is 0 Å². The van der Waals surface area contributed by atoms with Gasteiger partial charge in [-0.25, -0.2) is 19.4 Å². The Hall–Kier alpha value is -2.03. The summed E-state index contributed by atoms with van der Waals surface area (Å²) >= 11 is 13.0. The quantitative estimate of drug-likeness (QED) is 0.394. The highest BCUT2D eigenvalue weighted by atomic mass is 79.9. The number of halogens is 3. The number of hydrogen-bond donors (Lipinski definition) is 0. The van der Waals surface area contributed by atoms with E-state index in [0.717, 1.165) is 5.56 Å². The Kier molecular flexibility index (Phi) is 4.42. The van der Waals surface area contributed by atoms with Crippen molar-refractivity contribution < 1.29 is 4.42 Å². The van der Waals surface area contributed by atoms with Gasteiger partial charge in [-0.05, 0) is 68.6 Å². The topological polar surface area (TPSA) is 73.8 Å². The fourth-order valence-electron chi connectivity index (χ4n) is 2.58. The van der Waals surface area contributed by atoms with Crippen LogP contribution in [0.1, 0.15) is 5.56 Å². The highest BCUT2D eigenvalue weighted by Gasteiger charge is 2.19. The Morgan fingerprint density at radius 1 is 1.23 bits per heavy atom. The highest BCUT2D eigenvalue weighted by molar-refractivity contribution is 9.10. The number of pyridine rings is 1. The number of hydrogen-bond acceptors (Lipinski definition) is 5. The van der Waals surface area contributed by atoms with Crippen LogP contribution in [0.5, 0.6) is 0 Å². The molecule has 6 nitrogen and oxygen atoms in total. The van der Waals surface area contributed by atoms with E-state index in [1.54, 1.807) is 30.5 Å². The summed E-state index contributed by atoms with van der Waals surface area (Å²) < 4.78 is 8.18. The van der Waals surface area contributed by atoms with Crippen LogP contribution >= 0.6 is 43.5 Å². The summed E-state index contributed by atoms with van der Waals surface area (Å²) in [4.78, 5) is 21.3. The van der Waals surface area contributed by atoms with Crippen LogP contribution in [-0.4, -0.2) is 19.7 Å². The molecule has 1 aromatic carbocycles. The molecule has 0 saturated carbocycles. The number of nitrogens with zero attached hydrogens (tertiary/aromatic N) is 4. The van der Waals surface area contributed by atoms with Crippen molar-refractivity contribution in [2.24, 2.45) is 0 Å². The predicted octanol–water partition coefficient (Wildman–Crippen LogP) is 4.92. The van der Waals surface area contributed by atoms with E-state index in [0.29, 0.717) is 36.5 Å². The summed E-state index contributed by atoms with van der Waals surface area (Å²) in [6, 6.07) is 8.74. The van der Waals surface area contributed by atoms with Gasteiger partial charge in [-0.2, -0.15) is 5.10 Å². The van der Waals surface area contributed by atoms with Gasteiger partial charge in [-0.3, -0.25) is 0 Å². The molecule has 0 spiro atoms. The van der Waals surface area contributed by atoms with Crippen molar-refractivity contribution >= 4 is 54.4 Å². The third-order valence-electron chi connectivity index (χ3n) is 3.67. The van der Waals surface area contributed by atoms with Crippen LogP contribution in [0, 0.1) is 6.92 Å². The molecule has 26 heavy (non-hydrogen) atoms. The van der Waals surface area contributed by atoms with E-state index < -0.39 is 5.63 Å². The van der Waals surface area contributed by atoms with Gasteiger partial charge < -0.3 is 4.42 Å². The van der Waals surface area contributed by atoms with Crippen LogP contribution in [0.3, 0.4) is 0 Å². The molecular weight excluding hydrogens is 487 g/mol. The maximum atomic E-state index is 12.5. The van der Waals surface area contributed by atoms with Crippen molar-refractivity contribution in [2.75, 3.05) is 0 Å². The fourth-order valence-corrected chi connectivity index (χ4v) is 3.82. The molecule has 9 heteroatoms. The molecule has 0 N–H and O–H groups in total. The third-order valence-corrected chi connectivity index (χ3v) is 4.96.